The Labute approximate surface area is 121 Å². The van der Waals surface area contributed by atoms with Crippen molar-refractivity contribution in [1.29, 1.82) is 0 Å². The van der Waals surface area contributed by atoms with E-state index in [0.717, 1.165) is 6.07 Å². The van der Waals surface area contributed by atoms with E-state index in [1.165, 1.54) is 31.2 Å². The standard InChI is InChI=1S/C14H18FNO5/c1-16(10-6-21-7-11(17)13(10)18)14(19)8-3-4-12(20-2)9(15)5-8/h3-5,10-11,13,17-18H,6-7H2,1-2H3/t10-,11-,13+/m1/s1. The second-order valence-electron chi connectivity index (χ2n) is 4.93. The molecule has 7 heteroatoms. The van der Waals surface area contributed by atoms with Gasteiger partial charge in [0.15, 0.2) is 11.6 Å². The zero-order valence-corrected chi connectivity index (χ0v) is 11.8. The SMILES string of the molecule is COc1ccc(C(=O)N(C)[C@@H]2COC[C@@H](O)[C@H]2O)cc1F. The van der Waals surface area contributed by atoms with Crippen LogP contribution in [-0.4, -0.2) is 66.6 Å². The number of ether oxygens (including phenoxy) is 2. The van der Waals surface area contributed by atoms with Crippen LogP contribution in [0.5, 0.6) is 5.75 Å². The van der Waals surface area contributed by atoms with Crippen LogP contribution in [0.1, 0.15) is 10.4 Å². The molecule has 1 heterocycles. The van der Waals surface area contributed by atoms with Crippen molar-refractivity contribution in [3.05, 3.63) is 29.6 Å². The van der Waals surface area contributed by atoms with Crippen LogP contribution in [0.4, 0.5) is 4.39 Å². The summed E-state index contributed by atoms with van der Waals surface area (Å²) in [5, 5.41) is 19.5. The zero-order chi connectivity index (χ0) is 15.6. The quantitative estimate of drug-likeness (QED) is 0.823. The van der Waals surface area contributed by atoms with Gasteiger partial charge < -0.3 is 24.6 Å². The Morgan fingerprint density at radius 1 is 1.43 bits per heavy atom. The summed E-state index contributed by atoms with van der Waals surface area (Å²) >= 11 is 0. The fraction of sp³-hybridized carbons (Fsp3) is 0.500. The summed E-state index contributed by atoms with van der Waals surface area (Å²) in [5.74, 6) is -1.07. The van der Waals surface area contributed by atoms with Gasteiger partial charge in [0.25, 0.3) is 5.91 Å². The number of halogens is 1. The highest BCUT2D eigenvalue weighted by atomic mass is 19.1. The maximum atomic E-state index is 13.6. The van der Waals surface area contributed by atoms with Gasteiger partial charge in [0, 0.05) is 12.6 Å². The number of amides is 1. The molecule has 2 rings (SSSR count). The lowest BCUT2D eigenvalue weighted by molar-refractivity contribution is -0.122. The average molecular weight is 299 g/mol. The Kier molecular flexibility index (Phi) is 4.76. The zero-order valence-electron chi connectivity index (χ0n) is 11.8. The lowest BCUT2D eigenvalue weighted by atomic mass is 10.0. The van der Waals surface area contributed by atoms with E-state index in [1.807, 2.05) is 0 Å². The largest absolute Gasteiger partial charge is 0.494 e. The number of rotatable bonds is 3. The van der Waals surface area contributed by atoms with E-state index in [9.17, 15) is 19.4 Å². The topological polar surface area (TPSA) is 79.2 Å². The van der Waals surface area contributed by atoms with Crippen molar-refractivity contribution in [3.8, 4) is 5.75 Å². The first-order chi connectivity index (χ1) is 9.95. The van der Waals surface area contributed by atoms with Crippen LogP contribution < -0.4 is 4.74 Å². The molecule has 1 saturated heterocycles. The van der Waals surface area contributed by atoms with Crippen molar-refractivity contribution in [1.82, 2.24) is 4.90 Å². The van der Waals surface area contributed by atoms with Gasteiger partial charge >= 0.3 is 0 Å². The Balaban J connectivity index is 2.17. The monoisotopic (exact) mass is 299 g/mol. The summed E-state index contributed by atoms with van der Waals surface area (Å²) in [7, 11) is 2.81. The molecule has 21 heavy (non-hydrogen) atoms. The third-order valence-electron chi connectivity index (χ3n) is 3.58. The van der Waals surface area contributed by atoms with Gasteiger partial charge in [-0.25, -0.2) is 4.39 Å². The molecule has 3 atom stereocenters. The van der Waals surface area contributed by atoms with E-state index in [-0.39, 0.29) is 24.5 Å². The third-order valence-corrected chi connectivity index (χ3v) is 3.58. The van der Waals surface area contributed by atoms with Crippen molar-refractivity contribution >= 4 is 5.91 Å². The van der Waals surface area contributed by atoms with Crippen LogP contribution in [0.15, 0.2) is 18.2 Å². The highest BCUT2D eigenvalue weighted by Gasteiger charge is 2.36. The number of carbonyl (C=O) groups is 1. The Bertz CT molecular complexity index is 524. The van der Waals surface area contributed by atoms with Crippen LogP contribution in [0.25, 0.3) is 0 Å². The number of aliphatic hydroxyl groups is 2. The van der Waals surface area contributed by atoms with Crippen molar-refractivity contribution in [2.75, 3.05) is 27.4 Å². The number of carbonyl (C=O) groups excluding carboxylic acids is 1. The maximum absolute atomic E-state index is 13.6. The molecule has 0 aliphatic carbocycles. The molecule has 0 spiro atoms. The minimum absolute atomic E-state index is 0.0247. The minimum atomic E-state index is -1.10. The summed E-state index contributed by atoms with van der Waals surface area (Å²) in [6.07, 6.45) is -2.15. The van der Waals surface area contributed by atoms with E-state index < -0.39 is 30.0 Å². The molecule has 1 aliphatic heterocycles. The van der Waals surface area contributed by atoms with Gasteiger partial charge in [0.05, 0.1) is 26.4 Å². The fourth-order valence-electron chi connectivity index (χ4n) is 2.26. The number of nitrogens with zero attached hydrogens (tertiary/aromatic N) is 1. The highest BCUT2D eigenvalue weighted by Crippen LogP contribution is 2.21. The van der Waals surface area contributed by atoms with Crippen molar-refractivity contribution in [2.24, 2.45) is 0 Å². The number of likely N-dealkylation sites (N-methyl/N-ethyl adjacent to an activating group) is 1. The van der Waals surface area contributed by atoms with Gasteiger partial charge in [-0.2, -0.15) is 0 Å². The molecule has 0 bridgehead atoms. The number of methoxy groups -OCH3 is 1. The Morgan fingerprint density at radius 3 is 2.76 bits per heavy atom. The molecule has 1 fully saturated rings. The van der Waals surface area contributed by atoms with Crippen LogP contribution in [0.2, 0.25) is 0 Å². The van der Waals surface area contributed by atoms with Gasteiger partial charge in [-0.05, 0) is 18.2 Å². The summed E-state index contributed by atoms with van der Waals surface area (Å²) < 4.78 is 23.6. The third kappa shape index (κ3) is 3.15. The minimum Gasteiger partial charge on any atom is -0.494 e. The van der Waals surface area contributed by atoms with Crippen molar-refractivity contribution in [3.63, 3.8) is 0 Å². The van der Waals surface area contributed by atoms with E-state index in [4.69, 9.17) is 9.47 Å². The fourth-order valence-corrected chi connectivity index (χ4v) is 2.26. The maximum Gasteiger partial charge on any atom is 0.254 e. The molecule has 0 unspecified atom stereocenters. The summed E-state index contributed by atoms with van der Waals surface area (Å²) in [6, 6.07) is 3.18. The Hall–Kier alpha value is -1.70. The summed E-state index contributed by atoms with van der Waals surface area (Å²) in [6.45, 7) is 0.135. The lowest BCUT2D eigenvalue weighted by Gasteiger charge is -2.37. The first-order valence-corrected chi connectivity index (χ1v) is 6.50. The first kappa shape index (κ1) is 15.7. The first-order valence-electron chi connectivity index (χ1n) is 6.50. The van der Waals surface area contributed by atoms with E-state index in [2.05, 4.69) is 0 Å². The molecule has 0 radical (unpaired) electrons. The van der Waals surface area contributed by atoms with Gasteiger partial charge in [-0.15, -0.1) is 0 Å². The van der Waals surface area contributed by atoms with Gasteiger partial charge in [0.2, 0.25) is 0 Å². The molecule has 0 saturated carbocycles. The average Bonchev–Trinajstić information content (AvgIpc) is 2.48. The molecule has 2 N–H and O–H groups in total. The number of hydrogen-bond donors (Lipinski definition) is 2. The normalized spacial score (nSPS) is 25.5. The number of benzene rings is 1. The van der Waals surface area contributed by atoms with E-state index in [0.29, 0.717) is 0 Å². The molecule has 1 aromatic carbocycles. The van der Waals surface area contributed by atoms with Crippen LogP contribution in [0.3, 0.4) is 0 Å². The molecule has 1 aliphatic rings. The van der Waals surface area contributed by atoms with Gasteiger partial charge in [0.1, 0.15) is 12.2 Å². The summed E-state index contributed by atoms with van der Waals surface area (Å²) in [5.41, 5.74) is 0.128. The van der Waals surface area contributed by atoms with Crippen LogP contribution in [-0.2, 0) is 4.74 Å². The van der Waals surface area contributed by atoms with Crippen LogP contribution >= 0.6 is 0 Å². The van der Waals surface area contributed by atoms with Crippen molar-refractivity contribution in [2.45, 2.75) is 18.2 Å². The molecular formula is C14H18FNO5. The second kappa shape index (κ2) is 6.38. The lowest BCUT2D eigenvalue weighted by Crippen LogP contribution is -2.56. The molecule has 1 amide bonds. The van der Waals surface area contributed by atoms with Crippen molar-refractivity contribution < 1.29 is 28.9 Å². The smallest absolute Gasteiger partial charge is 0.254 e. The molecular weight excluding hydrogens is 281 g/mol. The van der Waals surface area contributed by atoms with Gasteiger partial charge in [-0.1, -0.05) is 0 Å². The van der Waals surface area contributed by atoms with Crippen LogP contribution in [0, 0.1) is 5.82 Å². The Morgan fingerprint density at radius 2 is 2.14 bits per heavy atom. The molecule has 116 valence electrons. The molecule has 6 nitrogen and oxygen atoms in total. The predicted octanol–water partition coefficient (Wildman–Crippen LogP) is 0.0269. The molecule has 0 aromatic heterocycles. The number of hydrogen-bond acceptors (Lipinski definition) is 5. The van der Waals surface area contributed by atoms with E-state index >= 15 is 0 Å². The molecule has 1 aromatic rings. The van der Waals surface area contributed by atoms with E-state index in [1.54, 1.807) is 0 Å². The predicted molar refractivity (Wildman–Crippen MR) is 71.7 cm³/mol. The summed E-state index contributed by atoms with van der Waals surface area (Å²) in [4.78, 5) is 13.6. The highest BCUT2D eigenvalue weighted by molar-refractivity contribution is 5.94. The number of aliphatic hydroxyl groups excluding tert-OH is 2. The second-order valence-corrected chi connectivity index (χ2v) is 4.93. The van der Waals surface area contributed by atoms with Gasteiger partial charge in [-0.3, -0.25) is 4.79 Å².